The number of nitrogens with zero attached hydrogens (tertiary/aromatic N) is 2. The first-order valence-electron chi connectivity index (χ1n) is 8.43. The average molecular weight is 316 g/mol. The summed E-state index contributed by atoms with van der Waals surface area (Å²) in [5.74, 6) is 0.0773. The summed E-state index contributed by atoms with van der Waals surface area (Å²) in [7, 11) is 1.93. The van der Waals surface area contributed by atoms with E-state index in [2.05, 4.69) is 29.2 Å². The topological polar surface area (TPSA) is 33.2 Å². The molecule has 3 nitrogen and oxygen atoms in total. The fourth-order valence-corrected chi connectivity index (χ4v) is 3.77. The second kappa shape index (κ2) is 6.08. The molecule has 1 aliphatic rings. The van der Waals surface area contributed by atoms with E-state index < -0.39 is 0 Å². The molecule has 0 N–H and O–H groups in total. The molecule has 0 saturated heterocycles. The predicted molar refractivity (Wildman–Crippen MR) is 96.0 cm³/mol. The van der Waals surface area contributed by atoms with Crippen LogP contribution in [0.15, 0.2) is 60.9 Å². The number of amides is 1. The molecule has 3 aromatic rings. The van der Waals surface area contributed by atoms with Crippen LogP contribution in [0.3, 0.4) is 0 Å². The summed E-state index contributed by atoms with van der Waals surface area (Å²) in [5.41, 5.74) is 3.41. The van der Waals surface area contributed by atoms with E-state index in [-0.39, 0.29) is 11.9 Å². The van der Waals surface area contributed by atoms with Crippen LogP contribution in [0.25, 0.3) is 10.8 Å². The highest BCUT2D eigenvalue weighted by Gasteiger charge is 2.27. The van der Waals surface area contributed by atoms with Crippen molar-refractivity contribution in [2.75, 3.05) is 7.05 Å². The van der Waals surface area contributed by atoms with Crippen molar-refractivity contribution in [2.24, 2.45) is 0 Å². The Bertz CT molecular complexity index is 898. The third kappa shape index (κ3) is 2.46. The fraction of sp³-hybridized carbons (Fsp3) is 0.238. The summed E-state index contributed by atoms with van der Waals surface area (Å²) in [5, 5.41) is 1.97. The number of pyridine rings is 1. The molecule has 4 rings (SSSR count). The predicted octanol–water partition coefficient (Wildman–Crippen LogP) is 4.38. The molecule has 2 aromatic carbocycles. The first kappa shape index (κ1) is 14.9. The molecule has 0 spiro atoms. The molecular formula is C21H20N2O. The lowest BCUT2D eigenvalue weighted by Gasteiger charge is -2.33. The molecule has 0 radical (unpaired) electrons. The van der Waals surface area contributed by atoms with Crippen LogP contribution in [0.1, 0.15) is 40.4 Å². The summed E-state index contributed by atoms with van der Waals surface area (Å²) >= 11 is 0. The van der Waals surface area contributed by atoms with Gasteiger partial charge in [0.2, 0.25) is 0 Å². The maximum absolute atomic E-state index is 13.2. The number of hydrogen-bond acceptors (Lipinski definition) is 2. The van der Waals surface area contributed by atoms with E-state index in [9.17, 15) is 4.79 Å². The minimum Gasteiger partial charge on any atom is -0.335 e. The fourth-order valence-electron chi connectivity index (χ4n) is 3.77. The quantitative estimate of drug-likeness (QED) is 0.703. The maximum atomic E-state index is 13.2. The van der Waals surface area contributed by atoms with Crippen LogP contribution in [-0.4, -0.2) is 22.8 Å². The highest BCUT2D eigenvalue weighted by molar-refractivity contribution is 6.06. The summed E-state index contributed by atoms with van der Waals surface area (Å²) < 4.78 is 0. The molecule has 1 aromatic heterocycles. The number of carbonyl (C=O) groups is 1. The molecule has 0 unspecified atom stereocenters. The number of rotatable bonds is 2. The number of benzene rings is 2. The normalized spacial score (nSPS) is 16.6. The molecule has 1 atom stereocenters. The van der Waals surface area contributed by atoms with Crippen LogP contribution in [0, 0.1) is 0 Å². The molecule has 1 amide bonds. The summed E-state index contributed by atoms with van der Waals surface area (Å²) in [4.78, 5) is 19.2. The highest BCUT2D eigenvalue weighted by Crippen LogP contribution is 2.34. The Kier molecular flexibility index (Phi) is 3.77. The van der Waals surface area contributed by atoms with Crippen molar-refractivity contribution in [3.63, 3.8) is 0 Å². The van der Waals surface area contributed by atoms with Gasteiger partial charge in [0.25, 0.3) is 5.91 Å². The monoisotopic (exact) mass is 316 g/mol. The second-order valence-electron chi connectivity index (χ2n) is 6.43. The van der Waals surface area contributed by atoms with Crippen molar-refractivity contribution in [1.82, 2.24) is 9.88 Å². The van der Waals surface area contributed by atoms with E-state index in [4.69, 9.17) is 0 Å². The summed E-state index contributed by atoms with van der Waals surface area (Å²) in [6.45, 7) is 0. The van der Waals surface area contributed by atoms with Gasteiger partial charge in [-0.05, 0) is 47.9 Å². The molecule has 120 valence electrons. The van der Waals surface area contributed by atoms with Crippen LogP contribution < -0.4 is 0 Å². The Labute approximate surface area is 141 Å². The zero-order valence-corrected chi connectivity index (χ0v) is 13.8. The van der Waals surface area contributed by atoms with Crippen molar-refractivity contribution in [2.45, 2.75) is 25.3 Å². The van der Waals surface area contributed by atoms with Crippen molar-refractivity contribution < 1.29 is 4.79 Å². The number of hydrogen-bond donors (Lipinski definition) is 0. The van der Waals surface area contributed by atoms with E-state index >= 15 is 0 Å². The number of carbonyl (C=O) groups excluding carboxylic acids is 1. The van der Waals surface area contributed by atoms with Gasteiger partial charge in [0.05, 0.1) is 6.04 Å². The highest BCUT2D eigenvalue weighted by atomic mass is 16.2. The Morgan fingerprint density at radius 1 is 1.12 bits per heavy atom. The van der Waals surface area contributed by atoms with Crippen LogP contribution in [-0.2, 0) is 6.42 Å². The van der Waals surface area contributed by atoms with Gasteiger partial charge in [-0.25, -0.2) is 0 Å². The molecule has 0 saturated carbocycles. The second-order valence-corrected chi connectivity index (χ2v) is 6.43. The van der Waals surface area contributed by atoms with E-state index in [1.807, 2.05) is 42.4 Å². The molecule has 0 aliphatic heterocycles. The van der Waals surface area contributed by atoms with Crippen LogP contribution >= 0.6 is 0 Å². The molecule has 1 aliphatic carbocycles. The third-order valence-corrected chi connectivity index (χ3v) is 5.04. The molecule has 0 fully saturated rings. The van der Waals surface area contributed by atoms with Gasteiger partial charge in [-0.1, -0.05) is 36.4 Å². The van der Waals surface area contributed by atoms with Crippen LogP contribution in [0.5, 0.6) is 0 Å². The first-order chi connectivity index (χ1) is 11.8. The summed E-state index contributed by atoms with van der Waals surface area (Å²) in [6, 6.07) is 16.4. The zero-order chi connectivity index (χ0) is 16.5. The van der Waals surface area contributed by atoms with Gasteiger partial charge in [-0.3, -0.25) is 9.78 Å². The number of aromatic nitrogens is 1. The standard InChI is InChI=1S/C21H20N2O/c1-23(20-11-5-7-15-6-2-3-9-18(15)20)21(24)19-10-4-8-16-14-22-13-12-17(16)19/h2-4,6,8-10,12-14,20H,5,7,11H2,1H3/t20-/m0/s1. The summed E-state index contributed by atoms with van der Waals surface area (Å²) in [6.07, 6.45) is 6.80. The van der Waals surface area contributed by atoms with Crippen molar-refractivity contribution in [1.29, 1.82) is 0 Å². The van der Waals surface area contributed by atoms with Gasteiger partial charge in [0, 0.05) is 30.4 Å². The molecular weight excluding hydrogens is 296 g/mol. The first-order valence-corrected chi connectivity index (χ1v) is 8.43. The lowest BCUT2D eigenvalue weighted by Crippen LogP contribution is -2.33. The molecule has 0 bridgehead atoms. The lowest BCUT2D eigenvalue weighted by atomic mass is 9.86. The van der Waals surface area contributed by atoms with E-state index in [0.29, 0.717) is 0 Å². The molecule has 3 heteroatoms. The maximum Gasteiger partial charge on any atom is 0.254 e. The minimum atomic E-state index is 0.0773. The average Bonchev–Trinajstić information content (AvgIpc) is 2.66. The lowest BCUT2D eigenvalue weighted by molar-refractivity contribution is 0.0717. The Morgan fingerprint density at radius 3 is 2.92 bits per heavy atom. The van der Waals surface area contributed by atoms with Crippen LogP contribution in [0.2, 0.25) is 0 Å². The van der Waals surface area contributed by atoms with E-state index in [0.717, 1.165) is 35.6 Å². The SMILES string of the molecule is CN(C(=O)c1cccc2cnccc12)[C@H]1CCCc2ccccc21. The van der Waals surface area contributed by atoms with Crippen LogP contribution in [0.4, 0.5) is 0 Å². The zero-order valence-electron chi connectivity index (χ0n) is 13.8. The number of aryl methyl sites for hydroxylation is 1. The third-order valence-electron chi connectivity index (χ3n) is 5.04. The van der Waals surface area contributed by atoms with E-state index in [1.54, 1.807) is 6.20 Å². The van der Waals surface area contributed by atoms with E-state index in [1.165, 1.54) is 11.1 Å². The minimum absolute atomic E-state index is 0.0773. The molecule has 24 heavy (non-hydrogen) atoms. The Hall–Kier alpha value is -2.68. The van der Waals surface area contributed by atoms with Gasteiger partial charge in [-0.2, -0.15) is 0 Å². The molecule has 1 heterocycles. The van der Waals surface area contributed by atoms with Gasteiger partial charge >= 0.3 is 0 Å². The van der Waals surface area contributed by atoms with Crippen molar-refractivity contribution in [3.05, 3.63) is 77.6 Å². The van der Waals surface area contributed by atoms with Gasteiger partial charge in [0.1, 0.15) is 0 Å². The number of fused-ring (bicyclic) bond motifs is 2. The largest absolute Gasteiger partial charge is 0.335 e. The van der Waals surface area contributed by atoms with Crippen molar-refractivity contribution >= 4 is 16.7 Å². The van der Waals surface area contributed by atoms with Gasteiger partial charge < -0.3 is 4.90 Å². The van der Waals surface area contributed by atoms with Gasteiger partial charge in [0.15, 0.2) is 0 Å². The smallest absolute Gasteiger partial charge is 0.254 e. The van der Waals surface area contributed by atoms with Gasteiger partial charge in [-0.15, -0.1) is 0 Å². The Morgan fingerprint density at radius 2 is 2.00 bits per heavy atom. The Balaban J connectivity index is 1.72. The van der Waals surface area contributed by atoms with Crippen molar-refractivity contribution in [3.8, 4) is 0 Å².